The first kappa shape index (κ1) is 13.4. The molecule has 0 aromatic rings. The highest BCUT2D eigenvalue weighted by atomic mass is 16.5. The van der Waals surface area contributed by atoms with Gasteiger partial charge >= 0.3 is 0 Å². The minimum Gasteiger partial charge on any atom is -0.385 e. The molecule has 0 spiro atoms. The summed E-state index contributed by atoms with van der Waals surface area (Å²) < 4.78 is 15.1. The van der Waals surface area contributed by atoms with Gasteiger partial charge in [0.25, 0.3) is 0 Å². The van der Waals surface area contributed by atoms with E-state index in [1.165, 1.54) is 0 Å². The minimum atomic E-state index is -0.121. The highest BCUT2D eigenvalue weighted by Gasteiger charge is 1.96. The maximum Gasteiger partial charge on any atom is 0.245 e. The van der Waals surface area contributed by atoms with Crippen molar-refractivity contribution in [1.82, 2.24) is 5.32 Å². The zero-order chi connectivity index (χ0) is 10.6. The normalized spacial score (nSPS) is 10.1. The van der Waals surface area contributed by atoms with Crippen molar-refractivity contribution in [3.8, 4) is 0 Å². The second-order valence-electron chi connectivity index (χ2n) is 2.68. The van der Waals surface area contributed by atoms with E-state index in [0.717, 1.165) is 6.42 Å². The number of nitrogens with one attached hydrogen (secondary N) is 1. The number of likely N-dealkylation sites (N-methyl/N-ethyl adjacent to an activating group) is 1. The predicted octanol–water partition coefficient (Wildman–Crippen LogP) is -0.198. The van der Waals surface area contributed by atoms with Crippen LogP contribution in [0.5, 0.6) is 0 Å². The molecule has 14 heavy (non-hydrogen) atoms. The molecule has 0 heterocycles. The summed E-state index contributed by atoms with van der Waals surface area (Å²) in [6.07, 6.45) is 0.881. The number of rotatable bonds is 9. The average molecular weight is 205 g/mol. The van der Waals surface area contributed by atoms with Crippen LogP contribution in [0.1, 0.15) is 6.42 Å². The predicted molar refractivity (Wildman–Crippen MR) is 52.2 cm³/mol. The minimum absolute atomic E-state index is 0.0952. The Morgan fingerprint density at radius 2 is 1.86 bits per heavy atom. The van der Waals surface area contributed by atoms with E-state index in [4.69, 9.17) is 14.2 Å². The first-order chi connectivity index (χ1) is 6.81. The number of amides is 1. The summed E-state index contributed by atoms with van der Waals surface area (Å²) in [5.74, 6) is -0.121. The number of carbonyl (C=O) groups excluding carboxylic acids is 1. The lowest BCUT2D eigenvalue weighted by atomic mass is 10.5. The number of carbonyl (C=O) groups is 1. The first-order valence-corrected chi connectivity index (χ1v) is 4.66. The molecule has 0 saturated carbocycles. The molecule has 1 amide bonds. The van der Waals surface area contributed by atoms with Crippen LogP contribution in [0.2, 0.25) is 0 Å². The molecular weight excluding hydrogens is 186 g/mol. The molecule has 0 aliphatic heterocycles. The lowest BCUT2D eigenvalue weighted by Crippen LogP contribution is -2.24. The third-order valence-corrected chi connectivity index (χ3v) is 1.52. The molecule has 0 aliphatic rings. The van der Waals surface area contributed by atoms with E-state index < -0.39 is 0 Å². The van der Waals surface area contributed by atoms with Gasteiger partial charge in [0.15, 0.2) is 0 Å². The van der Waals surface area contributed by atoms with Gasteiger partial charge in [-0.2, -0.15) is 0 Å². The van der Waals surface area contributed by atoms with Crippen LogP contribution in [0, 0.1) is 0 Å². The maximum atomic E-state index is 10.7. The fraction of sp³-hybridized carbons (Fsp3) is 0.889. The largest absolute Gasteiger partial charge is 0.385 e. The summed E-state index contributed by atoms with van der Waals surface area (Å²) in [7, 11) is 3.24. The van der Waals surface area contributed by atoms with Crippen LogP contribution in [-0.4, -0.2) is 53.1 Å². The van der Waals surface area contributed by atoms with Crippen molar-refractivity contribution in [1.29, 1.82) is 0 Å². The molecule has 0 atom stereocenters. The second kappa shape index (κ2) is 10.4. The summed E-state index contributed by atoms with van der Waals surface area (Å²) in [5.41, 5.74) is 0. The monoisotopic (exact) mass is 205 g/mol. The van der Waals surface area contributed by atoms with E-state index in [1.54, 1.807) is 14.2 Å². The highest BCUT2D eigenvalue weighted by molar-refractivity contribution is 5.76. The van der Waals surface area contributed by atoms with Crippen LogP contribution in [0.15, 0.2) is 0 Å². The van der Waals surface area contributed by atoms with Crippen LogP contribution in [0.3, 0.4) is 0 Å². The van der Waals surface area contributed by atoms with Crippen molar-refractivity contribution in [2.24, 2.45) is 0 Å². The summed E-state index contributed by atoms with van der Waals surface area (Å²) in [4.78, 5) is 10.7. The van der Waals surface area contributed by atoms with Gasteiger partial charge in [-0.1, -0.05) is 0 Å². The van der Waals surface area contributed by atoms with Gasteiger partial charge in [-0.25, -0.2) is 0 Å². The third kappa shape index (κ3) is 9.44. The zero-order valence-corrected chi connectivity index (χ0v) is 8.88. The van der Waals surface area contributed by atoms with Crippen LogP contribution in [-0.2, 0) is 19.0 Å². The molecule has 0 aromatic heterocycles. The average Bonchev–Trinajstić information content (AvgIpc) is 2.21. The highest BCUT2D eigenvalue weighted by Crippen LogP contribution is 1.84. The zero-order valence-electron chi connectivity index (χ0n) is 8.88. The van der Waals surface area contributed by atoms with Crippen LogP contribution in [0.25, 0.3) is 0 Å². The smallest absolute Gasteiger partial charge is 0.245 e. The Labute approximate surface area is 84.7 Å². The van der Waals surface area contributed by atoms with Gasteiger partial charge in [-0.3, -0.25) is 4.79 Å². The van der Waals surface area contributed by atoms with Crippen molar-refractivity contribution in [3.05, 3.63) is 0 Å². The summed E-state index contributed by atoms with van der Waals surface area (Å²) in [6, 6.07) is 0. The van der Waals surface area contributed by atoms with Crippen molar-refractivity contribution in [2.75, 3.05) is 47.2 Å². The molecule has 84 valence electrons. The van der Waals surface area contributed by atoms with Gasteiger partial charge < -0.3 is 19.5 Å². The molecule has 5 nitrogen and oxygen atoms in total. The van der Waals surface area contributed by atoms with Crippen molar-refractivity contribution >= 4 is 5.91 Å². The molecule has 5 heteroatoms. The second-order valence-corrected chi connectivity index (χ2v) is 2.68. The van der Waals surface area contributed by atoms with Crippen molar-refractivity contribution < 1.29 is 19.0 Å². The Kier molecular flexibility index (Phi) is 9.95. The van der Waals surface area contributed by atoms with Gasteiger partial charge in [0.05, 0.1) is 13.2 Å². The number of hydrogen-bond acceptors (Lipinski definition) is 4. The molecule has 0 rings (SSSR count). The molecule has 0 aliphatic carbocycles. The molecule has 0 aromatic carbocycles. The SMILES string of the molecule is CNC(=O)COCCOCCCOC. The fourth-order valence-corrected chi connectivity index (χ4v) is 0.762. The molecule has 0 fully saturated rings. The number of hydrogen-bond donors (Lipinski definition) is 1. The van der Waals surface area contributed by atoms with E-state index in [-0.39, 0.29) is 12.5 Å². The Bertz CT molecular complexity index is 141. The van der Waals surface area contributed by atoms with Gasteiger partial charge in [0.2, 0.25) is 5.91 Å². The molecular formula is C9H19NO4. The van der Waals surface area contributed by atoms with E-state index in [2.05, 4.69) is 5.32 Å². The third-order valence-electron chi connectivity index (χ3n) is 1.52. The fourth-order valence-electron chi connectivity index (χ4n) is 0.762. The van der Waals surface area contributed by atoms with Crippen molar-refractivity contribution in [2.45, 2.75) is 6.42 Å². The van der Waals surface area contributed by atoms with E-state index >= 15 is 0 Å². The molecule has 0 radical (unpaired) electrons. The molecule has 0 unspecified atom stereocenters. The van der Waals surface area contributed by atoms with Gasteiger partial charge in [0, 0.05) is 27.4 Å². The van der Waals surface area contributed by atoms with Crippen LogP contribution in [0.4, 0.5) is 0 Å². The van der Waals surface area contributed by atoms with Gasteiger partial charge in [-0.15, -0.1) is 0 Å². The Morgan fingerprint density at radius 3 is 2.50 bits per heavy atom. The topological polar surface area (TPSA) is 56.8 Å². The van der Waals surface area contributed by atoms with E-state index in [0.29, 0.717) is 26.4 Å². The van der Waals surface area contributed by atoms with Crippen LogP contribution >= 0.6 is 0 Å². The quantitative estimate of drug-likeness (QED) is 0.530. The summed E-state index contributed by atoms with van der Waals surface area (Å²) in [5, 5.41) is 2.46. The molecule has 0 saturated heterocycles. The number of methoxy groups -OCH3 is 1. The van der Waals surface area contributed by atoms with Gasteiger partial charge in [0.1, 0.15) is 6.61 Å². The Hall–Kier alpha value is -0.650. The van der Waals surface area contributed by atoms with E-state index in [9.17, 15) is 4.79 Å². The Morgan fingerprint density at radius 1 is 1.14 bits per heavy atom. The standard InChI is InChI=1S/C9H19NO4/c1-10-9(11)8-14-7-6-13-5-3-4-12-2/h3-8H2,1-2H3,(H,10,11). The van der Waals surface area contributed by atoms with Gasteiger partial charge in [-0.05, 0) is 6.42 Å². The number of ether oxygens (including phenoxy) is 3. The van der Waals surface area contributed by atoms with Crippen LogP contribution < -0.4 is 5.32 Å². The molecule has 1 N–H and O–H groups in total. The lowest BCUT2D eigenvalue weighted by molar-refractivity contribution is -0.125. The summed E-state index contributed by atoms with van der Waals surface area (Å²) >= 11 is 0. The lowest BCUT2D eigenvalue weighted by Gasteiger charge is -2.04. The van der Waals surface area contributed by atoms with E-state index in [1.807, 2.05) is 0 Å². The summed E-state index contributed by atoms with van der Waals surface area (Å²) in [6.45, 7) is 2.43. The Balaban J connectivity index is 2.95. The van der Waals surface area contributed by atoms with Crippen molar-refractivity contribution in [3.63, 3.8) is 0 Å². The molecule has 0 bridgehead atoms. The maximum absolute atomic E-state index is 10.7. The first-order valence-electron chi connectivity index (χ1n) is 4.66.